The van der Waals surface area contributed by atoms with Gasteiger partial charge in [-0.3, -0.25) is 9.89 Å². The molecule has 1 atom stereocenters. The highest BCUT2D eigenvalue weighted by Crippen LogP contribution is 2.37. The highest BCUT2D eigenvalue weighted by Gasteiger charge is 2.49. The van der Waals surface area contributed by atoms with E-state index < -0.39 is 11.2 Å². The molecule has 0 saturated carbocycles. The highest BCUT2D eigenvalue weighted by molar-refractivity contribution is 5.86. The molecule has 1 amide bonds. The summed E-state index contributed by atoms with van der Waals surface area (Å²) in [5, 5.41) is 17.3. The van der Waals surface area contributed by atoms with Crippen LogP contribution in [0.3, 0.4) is 0 Å². The van der Waals surface area contributed by atoms with Crippen molar-refractivity contribution in [3.63, 3.8) is 0 Å². The third kappa shape index (κ3) is 4.99. The van der Waals surface area contributed by atoms with Crippen molar-refractivity contribution in [3.05, 3.63) is 65.6 Å². The SMILES string of the molecule is CCC1(C(=O)N[C@@H](C)c2ccc(-n3cc(F)cn3)nc2)CN(c2nc(C)cc(Nc3cc(C)[nH]n3)n2)C1. The van der Waals surface area contributed by atoms with E-state index >= 15 is 0 Å². The fraction of sp³-hybridized carbons (Fsp3) is 0.360. The van der Waals surface area contributed by atoms with Gasteiger partial charge in [-0.2, -0.15) is 15.2 Å². The summed E-state index contributed by atoms with van der Waals surface area (Å²) in [6, 6.07) is 7.11. The van der Waals surface area contributed by atoms with Gasteiger partial charge in [-0.05, 0) is 38.8 Å². The minimum atomic E-state index is -0.534. The van der Waals surface area contributed by atoms with Gasteiger partial charge in [0.25, 0.3) is 0 Å². The Morgan fingerprint density at radius 3 is 2.62 bits per heavy atom. The quantitative estimate of drug-likeness (QED) is 0.333. The Hall–Kier alpha value is -4.35. The number of aryl methyl sites for hydroxylation is 2. The maximum atomic E-state index is 13.3. The molecule has 1 saturated heterocycles. The number of carbonyl (C=O) groups excluding carboxylic acids is 1. The molecule has 0 aliphatic carbocycles. The average molecular weight is 505 g/mol. The molecule has 5 heterocycles. The van der Waals surface area contributed by atoms with Crippen LogP contribution in [0.15, 0.2) is 42.9 Å². The van der Waals surface area contributed by atoms with E-state index in [1.165, 1.54) is 10.9 Å². The number of H-pyrrole nitrogens is 1. The van der Waals surface area contributed by atoms with Gasteiger partial charge < -0.3 is 15.5 Å². The standard InChI is InChI=1S/C25H29FN10O/c1-5-25(23(37)30-17(4)18-6-7-22(27-10-18)36-12-19(26)11-28-36)13-35(14-25)24-29-15(2)8-20(32-24)31-21-9-16(3)33-34-21/h6-12,17H,5,13-14H2,1-4H3,(H,30,37)(H2,29,31,32,33,34)/t17-/m0/s1. The molecule has 5 rings (SSSR count). The number of amides is 1. The number of rotatable bonds is 8. The zero-order valence-corrected chi connectivity index (χ0v) is 21.2. The molecule has 0 aromatic carbocycles. The number of anilines is 3. The number of hydrogen-bond acceptors (Lipinski definition) is 8. The molecule has 12 heteroatoms. The van der Waals surface area contributed by atoms with Crippen molar-refractivity contribution in [1.82, 2.24) is 40.2 Å². The number of aromatic amines is 1. The monoisotopic (exact) mass is 504 g/mol. The first-order chi connectivity index (χ1) is 17.7. The zero-order valence-electron chi connectivity index (χ0n) is 21.2. The van der Waals surface area contributed by atoms with Crippen LogP contribution in [0.2, 0.25) is 0 Å². The molecule has 0 spiro atoms. The molecule has 3 N–H and O–H groups in total. The largest absolute Gasteiger partial charge is 0.349 e. The molecule has 37 heavy (non-hydrogen) atoms. The number of hydrogen-bond donors (Lipinski definition) is 3. The smallest absolute Gasteiger partial charge is 0.230 e. The highest BCUT2D eigenvalue weighted by atomic mass is 19.1. The molecule has 1 aliphatic rings. The molecule has 0 unspecified atom stereocenters. The Balaban J connectivity index is 1.23. The van der Waals surface area contributed by atoms with E-state index in [2.05, 4.69) is 40.9 Å². The van der Waals surface area contributed by atoms with Crippen LogP contribution in [-0.2, 0) is 4.79 Å². The van der Waals surface area contributed by atoms with Crippen molar-refractivity contribution in [2.24, 2.45) is 5.41 Å². The summed E-state index contributed by atoms with van der Waals surface area (Å²) in [6.07, 6.45) is 4.74. The first-order valence-electron chi connectivity index (χ1n) is 12.1. The molecule has 0 radical (unpaired) electrons. The first kappa shape index (κ1) is 24.3. The van der Waals surface area contributed by atoms with Crippen LogP contribution in [0, 0.1) is 25.1 Å². The van der Waals surface area contributed by atoms with E-state index in [1.54, 1.807) is 12.3 Å². The topological polar surface area (TPSA) is 130 Å². The number of aromatic nitrogens is 7. The molecule has 4 aromatic rings. The molecule has 0 bridgehead atoms. The van der Waals surface area contributed by atoms with Crippen LogP contribution in [0.1, 0.15) is 43.3 Å². The predicted molar refractivity (Wildman–Crippen MR) is 136 cm³/mol. The van der Waals surface area contributed by atoms with Crippen LogP contribution < -0.4 is 15.5 Å². The predicted octanol–water partition coefficient (Wildman–Crippen LogP) is 3.37. The van der Waals surface area contributed by atoms with E-state index in [9.17, 15) is 9.18 Å². The van der Waals surface area contributed by atoms with Gasteiger partial charge in [-0.25, -0.2) is 19.0 Å². The van der Waals surface area contributed by atoms with Gasteiger partial charge in [0, 0.05) is 42.8 Å². The van der Waals surface area contributed by atoms with Crippen molar-refractivity contribution in [2.45, 2.75) is 40.2 Å². The average Bonchev–Trinajstić information content (AvgIpc) is 3.46. The molecule has 1 fully saturated rings. The van der Waals surface area contributed by atoms with Gasteiger partial charge in [0.15, 0.2) is 17.5 Å². The minimum absolute atomic E-state index is 0.0185. The summed E-state index contributed by atoms with van der Waals surface area (Å²) >= 11 is 0. The Labute approximate surface area is 213 Å². The van der Waals surface area contributed by atoms with Crippen molar-refractivity contribution < 1.29 is 9.18 Å². The van der Waals surface area contributed by atoms with Gasteiger partial charge in [0.1, 0.15) is 5.82 Å². The Morgan fingerprint density at radius 2 is 2.00 bits per heavy atom. The maximum Gasteiger partial charge on any atom is 0.230 e. The fourth-order valence-electron chi connectivity index (χ4n) is 4.37. The molecule has 11 nitrogen and oxygen atoms in total. The Morgan fingerprint density at radius 1 is 1.19 bits per heavy atom. The summed E-state index contributed by atoms with van der Waals surface area (Å²) in [5.41, 5.74) is 2.08. The molecular weight excluding hydrogens is 475 g/mol. The lowest BCUT2D eigenvalue weighted by Gasteiger charge is -2.48. The van der Waals surface area contributed by atoms with Crippen LogP contribution in [0.5, 0.6) is 0 Å². The van der Waals surface area contributed by atoms with E-state index in [4.69, 9.17) is 0 Å². The van der Waals surface area contributed by atoms with Crippen molar-refractivity contribution in [2.75, 3.05) is 23.3 Å². The second-order valence-electron chi connectivity index (χ2n) is 9.49. The van der Waals surface area contributed by atoms with Gasteiger partial charge in [-0.1, -0.05) is 13.0 Å². The van der Waals surface area contributed by atoms with Crippen LogP contribution in [0.25, 0.3) is 5.82 Å². The van der Waals surface area contributed by atoms with Gasteiger partial charge in [0.05, 0.1) is 23.9 Å². The summed E-state index contributed by atoms with van der Waals surface area (Å²) < 4.78 is 14.6. The maximum absolute atomic E-state index is 13.3. The van der Waals surface area contributed by atoms with Gasteiger partial charge in [-0.15, -0.1) is 0 Å². The number of carbonyl (C=O) groups is 1. The molecule has 192 valence electrons. The third-order valence-corrected chi connectivity index (χ3v) is 6.64. The summed E-state index contributed by atoms with van der Waals surface area (Å²) in [7, 11) is 0. The summed E-state index contributed by atoms with van der Waals surface area (Å²) in [6.45, 7) is 8.82. The lowest BCUT2D eigenvalue weighted by atomic mass is 9.76. The van der Waals surface area contributed by atoms with E-state index in [-0.39, 0.29) is 11.9 Å². The molecule has 4 aromatic heterocycles. The summed E-state index contributed by atoms with van der Waals surface area (Å²) in [4.78, 5) is 28.9. The van der Waals surface area contributed by atoms with Crippen LogP contribution in [0.4, 0.5) is 22.0 Å². The molecular formula is C25H29FN10O. The Kier molecular flexibility index (Phi) is 6.32. The normalized spacial score (nSPS) is 15.2. The summed E-state index contributed by atoms with van der Waals surface area (Å²) in [5.74, 6) is 1.96. The van der Waals surface area contributed by atoms with E-state index in [0.29, 0.717) is 42.9 Å². The minimum Gasteiger partial charge on any atom is -0.349 e. The van der Waals surface area contributed by atoms with Crippen molar-refractivity contribution in [1.29, 1.82) is 0 Å². The second kappa shape index (κ2) is 9.60. The van der Waals surface area contributed by atoms with E-state index in [0.717, 1.165) is 23.1 Å². The van der Waals surface area contributed by atoms with Crippen LogP contribution >= 0.6 is 0 Å². The van der Waals surface area contributed by atoms with Gasteiger partial charge in [0.2, 0.25) is 11.9 Å². The number of nitrogens with zero attached hydrogens (tertiary/aromatic N) is 7. The van der Waals surface area contributed by atoms with E-state index in [1.807, 2.05) is 50.8 Å². The fourth-order valence-corrected chi connectivity index (χ4v) is 4.37. The Bertz CT molecular complexity index is 1410. The van der Waals surface area contributed by atoms with Crippen molar-refractivity contribution >= 4 is 23.5 Å². The second-order valence-corrected chi connectivity index (χ2v) is 9.49. The van der Waals surface area contributed by atoms with Gasteiger partial charge >= 0.3 is 0 Å². The first-order valence-corrected chi connectivity index (χ1v) is 12.1. The third-order valence-electron chi connectivity index (χ3n) is 6.64. The van der Waals surface area contributed by atoms with Crippen LogP contribution in [-0.4, -0.2) is 53.9 Å². The van der Waals surface area contributed by atoms with Crippen molar-refractivity contribution in [3.8, 4) is 5.82 Å². The lowest BCUT2D eigenvalue weighted by molar-refractivity contribution is -0.133. The lowest BCUT2D eigenvalue weighted by Crippen LogP contribution is -2.63. The number of nitrogens with one attached hydrogen (secondary N) is 3. The number of halogens is 1. The number of pyridine rings is 1. The molecule has 1 aliphatic heterocycles. The zero-order chi connectivity index (χ0) is 26.2.